The summed E-state index contributed by atoms with van der Waals surface area (Å²) in [4.78, 5) is 15.0. The van der Waals surface area contributed by atoms with Crippen LogP contribution in [-0.4, -0.2) is 43.7 Å². The van der Waals surface area contributed by atoms with Gasteiger partial charge in [-0.15, -0.1) is 0 Å². The third kappa shape index (κ3) is 5.57. The van der Waals surface area contributed by atoms with Crippen LogP contribution in [0.3, 0.4) is 0 Å². The number of hydrogen-bond acceptors (Lipinski definition) is 4. The van der Waals surface area contributed by atoms with E-state index in [1.54, 1.807) is 7.11 Å². The Bertz CT molecular complexity index is 755. The fraction of sp³-hybridized carbons (Fsp3) is 0.435. The van der Waals surface area contributed by atoms with Gasteiger partial charge in [0.05, 0.1) is 20.3 Å². The second kappa shape index (κ2) is 10.2. The van der Waals surface area contributed by atoms with Gasteiger partial charge in [-0.2, -0.15) is 0 Å². The number of carbonyl (C=O) groups is 1. The van der Waals surface area contributed by atoms with Crippen molar-refractivity contribution in [3.05, 3.63) is 65.2 Å². The molecule has 5 heteroatoms. The van der Waals surface area contributed by atoms with E-state index in [4.69, 9.17) is 9.47 Å². The topological polar surface area (TPSA) is 50.8 Å². The van der Waals surface area contributed by atoms with Crippen molar-refractivity contribution in [3.63, 3.8) is 0 Å². The van der Waals surface area contributed by atoms with Crippen LogP contribution in [-0.2, 0) is 29.0 Å². The lowest BCUT2D eigenvalue weighted by Crippen LogP contribution is -2.45. The van der Waals surface area contributed by atoms with Gasteiger partial charge in [0, 0.05) is 37.7 Å². The van der Waals surface area contributed by atoms with Crippen LogP contribution in [0.1, 0.15) is 30.0 Å². The number of hydrogen-bond donors (Lipinski definition) is 1. The van der Waals surface area contributed by atoms with Gasteiger partial charge < -0.3 is 19.7 Å². The summed E-state index contributed by atoms with van der Waals surface area (Å²) in [6, 6.07) is 16.5. The van der Waals surface area contributed by atoms with Gasteiger partial charge in [-0.25, -0.2) is 0 Å². The molecule has 5 nitrogen and oxygen atoms in total. The lowest BCUT2D eigenvalue weighted by molar-refractivity contribution is -0.133. The number of ether oxygens (including phenoxy) is 2. The van der Waals surface area contributed by atoms with E-state index in [1.165, 1.54) is 5.56 Å². The molecule has 1 heterocycles. The first-order chi connectivity index (χ1) is 13.7. The minimum Gasteiger partial charge on any atom is -0.496 e. The highest BCUT2D eigenvalue weighted by Crippen LogP contribution is 2.21. The number of amides is 1. The molecule has 1 N–H and O–H groups in total. The molecule has 1 aliphatic heterocycles. The van der Waals surface area contributed by atoms with Crippen molar-refractivity contribution in [2.75, 3.05) is 26.9 Å². The summed E-state index contributed by atoms with van der Waals surface area (Å²) in [5.41, 5.74) is 3.44. The van der Waals surface area contributed by atoms with Crippen molar-refractivity contribution in [1.82, 2.24) is 10.2 Å². The standard InChI is InChI=1S/C23H30N2O3/c1-3-18-8-10-19(11-9-18)15-25(16-20-6-4-5-7-22(20)27-2)23(26)14-21-17-28-13-12-24-21/h4-11,21,24H,3,12-17H2,1-2H3/t21-/m0/s1. The number of nitrogens with one attached hydrogen (secondary N) is 1. The number of benzene rings is 2. The molecule has 1 atom stereocenters. The number of para-hydroxylation sites is 1. The van der Waals surface area contributed by atoms with Gasteiger partial charge in [0.15, 0.2) is 0 Å². The van der Waals surface area contributed by atoms with Gasteiger partial charge >= 0.3 is 0 Å². The Morgan fingerprint density at radius 3 is 2.57 bits per heavy atom. The minimum atomic E-state index is 0.0730. The third-order valence-corrected chi connectivity index (χ3v) is 5.13. The van der Waals surface area contributed by atoms with Crippen molar-refractivity contribution in [2.24, 2.45) is 0 Å². The quantitative estimate of drug-likeness (QED) is 0.762. The average molecular weight is 383 g/mol. The molecule has 0 bridgehead atoms. The summed E-state index contributed by atoms with van der Waals surface area (Å²) in [6.45, 7) is 5.33. The van der Waals surface area contributed by atoms with Crippen LogP contribution < -0.4 is 10.1 Å². The average Bonchev–Trinajstić information content (AvgIpc) is 2.75. The van der Waals surface area contributed by atoms with Crippen LogP contribution in [0.2, 0.25) is 0 Å². The van der Waals surface area contributed by atoms with Crippen molar-refractivity contribution in [2.45, 2.75) is 38.9 Å². The smallest absolute Gasteiger partial charge is 0.224 e. The fourth-order valence-corrected chi connectivity index (χ4v) is 3.46. The molecule has 150 valence electrons. The third-order valence-electron chi connectivity index (χ3n) is 5.13. The predicted molar refractivity (Wildman–Crippen MR) is 110 cm³/mol. The van der Waals surface area contributed by atoms with E-state index >= 15 is 0 Å². The second-order valence-corrected chi connectivity index (χ2v) is 7.16. The molecule has 1 saturated heterocycles. The fourth-order valence-electron chi connectivity index (χ4n) is 3.46. The van der Waals surface area contributed by atoms with E-state index in [0.717, 1.165) is 29.8 Å². The van der Waals surface area contributed by atoms with Gasteiger partial charge in [0.1, 0.15) is 5.75 Å². The number of methoxy groups -OCH3 is 1. The Kier molecular flexibility index (Phi) is 7.46. The lowest BCUT2D eigenvalue weighted by atomic mass is 10.1. The highest BCUT2D eigenvalue weighted by atomic mass is 16.5. The molecule has 0 unspecified atom stereocenters. The van der Waals surface area contributed by atoms with Gasteiger partial charge in [0.2, 0.25) is 5.91 Å². The number of carbonyl (C=O) groups excluding carboxylic acids is 1. The maximum atomic E-state index is 13.1. The summed E-state index contributed by atoms with van der Waals surface area (Å²) in [5.74, 6) is 0.925. The van der Waals surface area contributed by atoms with Crippen molar-refractivity contribution < 1.29 is 14.3 Å². The van der Waals surface area contributed by atoms with E-state index in [-0.39, 0.29) is 11.9 Å². The first-order valence-corrected chi connectivity index (χ1v) is 9.98. The summed E-state index contributed by atoms with van der Waals surface area (Å²) in [7, 11) is 1.66. The molecule has 0 aromatic heterocycles. The Hall–Kier alpha value is -2.37. The molecule has 1 aliphatic rings. The molecule has 0 spiro atoms. The summed E-state index contributed by atoms with van der Waals surface area (Å²) in [5, 5.41) is 3.37. The number of rotatable bonds is 8. The van der Waals surface area contributed by atoms with Crippen LogP contribution in [0, 0.1) is 0 Å². The highest BCUT2D eigenvalue weighted by molar-refractivity contribution is 5.77. The molecule has 28 heavy (non-hydrogen) atoms. The lowest BCUT2D eigenvalue weighted by Gasteiger charge is -2.28. The van der Waals surface area contributed by atoms with E-state index in [2.05, 4.69) is 36.5 Å². The molecule has 3 rings (SSSR count). The SMILES string of the molecule is CCc1ccc(CN(Cc2ccccc2OC)C(=O)C[C@H]2COCCN2)cc1. The monoisotopic (exact) mass is 382 g/mol. The van der Waals surface area contributed by atoms with Crippen LogP contribution in [0.4, 0.5) is 0 Å². The molecule has 0 aliphatic carbocycles. The van der Waals surface area contributed by atoms with E-state index in [1.807, 2.05) is 29.2 Å². The maximum absolute atomic E-state index is 13.1. The second-order valence-electron chi connectivity index (χ2n) is 7.16. The van der Waals surface area contributed by atoms with Crippen LogP contribution >= 0.6 is 0 Å². The van der Waals surface area contributed by atoms with Crippen molar-refractivity contribution >= 4 is 5.91 Å². The minimum absolute atomic E-state index is 0.0730. The van der Waals surface area contributed by atoms with Gasteiger partial charge in [-0.1, -0.05) is 49.4 Å². The highest BCUT2D eigenvalue weighted by Gasteiger charge is 2.22. The van der Waals surface area contributed by atoms with Crippen LogP contribution in [0.15, 0.2) is 48.5 Å². The Labute approximate surface area is 167 Å². The molecule has 0 saturated carbocycles. The number of nitrogens with zero attached hydrogens (tertiary/aromatic N) is 1. The maximum Gasteiger partial charge on any atom is 0.224 e. The molecule has 1 fully saturated rings. The molecule has 1 amide bonds. The Morgan fingerprint density at radius 2 is 1.89 bits per heavy atom. The summed E-state index contributed by atoms with van der Waals surface area (Å²) < 4.78 is 11.0. The molecule has 2 aromatic carbocycles. The van der Waals surface area contributed by atoms with Crippen LogP contribution in [0.5, 0.6) is 5.75 Å². The summed E-state index contributed by atoms with van der Waals surface area (Å²) >= 11 is 0. The number of aryl methyl sites for hydroxylation is 1. The zero-order chi connectivity index (χ0) is 19.8. The zero-order valence-electron chi connectivity index (χ0n) is 16.8. The van der Waals surface area contributed by atoms with E-state index in [9.17, 15) is 4.79 Å². The normalized spacial score (nSPS) is 16.6. The van der Waals surface area contributed by atoms with Crippen LogP contribution in [0.25, 0.3) is 0 Å². The van der Waals surface area contributed by atoms with Gasteiger partial charge in [0.25, 0.3) is 0 Å². The molecular weight excluding hydrogens is 352 g/mol. The molecular formula is C23H30N2O3. The predicted octanol–water partition coefficient (Wildman–Crippen LogP) is 3.16. The largest absolute Gasteiger partial charge is 0.496 e. The Morgan fingerprint density at radius 1 is 1.14 bits per heavy atom. The first-order valence-electron chi connectivity index (χ1n) is 9.98. The van der Waals surface area contributed by atoms with Crippen molar-refractivity contribution in [3.8, 4) is 5.75 Å². The number of morpholine rings is 1. The van der Waals surface area contributed by atoms with Gasteiger partial charge in [-0.3, -0.25) is 4.79 Å². The molecule has 2 aromatic rings. The Balaban J connectivity index is 1.76. The van der Waals surface area contributed by atoms with E-state index < -0.39 is 0 Å². The van der Waals surface area contributed by atoms with Gasteiger partial charge in [-0.05, 0) is 23.6 Å². The summed E-state index contributed by atoms with van der Waals surface area (Å²) in [6.07, 6.45) is 1.44. The van der Waals surface area contributed by atoms with E-state index in [0.29, 0.717) is 32.7 Å². The first kappa shape index (κ1) is 20.4. The zero-order valence-corrected chi connectivity index (χ0v) is 16.8. The van der Waals surface area contributed by atoms with Crippen molar-refractivity contribution in [1.29, 1.82) is 0 Å². The molecule has 0 radical (unpaired) electrons.